The zero-order valence-corrected chi connectivity index (χ0v) is 8.99. The Morgan fingerprint density at radius 1 is 1.20 bits per heavy atom. The zero-order chi connectivity index (χ0) is 10.8. The fraction of sp³-hybridized carbons (Fsp3) is 0.250. The minimum absolute atomic E-state index is 0.0926. The van der Waals surface area contributed by atoms with Gasteiger partial charge in [-0.1, -0.05) is 30.3 Å². The molecule has 0 unspecified atom stereocenters. The van der Waals surface area contributed by atoms with Crippen molar-refractivity contribution < 1.29 is 0 Å². The number of aromatic amines is 1. The first kappa shape index (κ1) is 9.93. The van der Waals surface area contributed by atoms with Gasteiger partial charge in [0.25, 0.3) is 0 Å². The number of nitrogens with one attached hydrogen (secondary N) is 1. The molecule has 3 heteroatoms. The molecular formula is C12H15N3. The maximum Gasteiger partial charge on any atom is 0.0645 e. The van der Waals surface area contributed by atoms with Crippen molar-refractivity contribution in [3.63, 3.8) is 0 Å². The molecule has 0 bridgehead atoms. The zero-order valence-electron chi connectivity index (χ0n) is 8.99. The number of rotatable bonds is 2. The summed E-state index contributed by atoms with van der Waals surface area (Å²) in [5, 5.41) is 7.12. The highest BCUT2D eigenvalue weighted by molar-refractivity contribution is 5.35. The molecule has 0 radical (unpaired) electrons. The minimum Gasteiger partial charge on any atom is -0.320 e. The summed E-state index contributed by atoms with van der Waals surface area (Å²) in [6, 6.07) is 9.98. The molecule has 2 aromatic rings. The fourth-order valence-corrected chi connectivity index (χ4v) is 1.84. The molecule has 1 aromatic heterocycles. The van der Waals surface area contributed by atoms with E-state index in [0.29, 0.717) is 0 Å². The summed E-state index contributed by atoms with van der Waals surface area (Å²) in [5.74, 6) is 0. The lowest BCUT2D eigenvalue weighted by Crippen LogP contribution is -2.13. The van der Waals surface area contributed by atoms with Crippen LogP contribution in [-0.2, 0) is 0 Å². The molecule has 0 saturated carbocycles. The van der Waals surface area contributed by atoms with Gasteiger partial charge >= 0.3 is 0 Å². The summed E-state index contributed by atoms with van der Waals surface area (Å²) in [6.45, 7) is 3.97. The molecule has 0 amide bonds. The molecule has 0 saturated heterocycles. The van der Waals surface area contributed by atoms with Crippen LogP contribution in [0.4, 0.5) is 0 Å². The van der Waals surface area contributed by atoms with Gasteiger partial charge in [0.05, 0.1) is 11.7 Å². The Kier molecular flexibility index (Phi) is 2.56. The molecule has 0 aliphatic heterocycles. The predicted octanol–water partition coefficient (Wildman–Crippen LogP) is 2.07. The van der Waals surface area contributed by atoms with Crippen LogP contribution in [0.25, 0.3) is 0 Å². The van der Waals surface area contributed by atoms with Crippen LogP contribution in [0.5, 0.6) is 0 Å². The fourth-order valence-electron chi connectivity index (χ4n) is 1.84. The van der Waals surface area contributed by atoms with Crippen molar-refractivity contribution in [2.75, 3.05) is 0 Å². The van der Waals surface area contributed by atoms with E-state index in [1.165, 1.54) is 0 Å². The maximum atomic E-state index is 6.20. The average molecular weight is 201 g/mol. The van der Waals surface area contributed by atoms with Crippen molar-refractivity contribution in [2.45, 2.75) is 19.9 Å². The SMILES string of the molecule is Cc1n[nH]c(C)c1[C@H](N)c1ccccc1. The molecule has 15 heavy (non-hydrogen) atoms. The van der Waals surface area contributed by atoms with Crippen LogP contribution < -0.4 is 5.73 Å². The molecule has 2 rings (SSSR count). The number of hydrogen-bond acceptors (Lipinski definition) is 2. The highest BCUT2D eigenvalue weighted by Gasteiger charge is 2.15. The Morgan fingerprint density at radius 3 is 2.40 bits per heavy atom. The lowest BCUT2D eigenvalue weighted by Gasteiger charge is -2.12. The van der Waals surface area contributed by atoms with Gasteiger partial charge < -0.3 is 5.73 Å². The van der Waals surface area contributed by atoms with E-state index in [2.05, 4.69) is 10.2 Å². The number of hydrogen-bond donors (Lipinski definition) is 2. The van der Waals surface area contributed by atoms with E-state index in [4.69, 9.17) is 5.73 Å². The topological polar surface area (TPSA) is 54.7 Å². The normalized spacial score (nSPS) is 12.7. The number of aromatic nitrogens is 2. The molecule has 78 valence electrons. The molecule has 1 heterocycles. The molecule has 0 fully saturated rings. The monoisotopic (exact) mass is 201 g/mol. The van der Waals surface area contributed by atoms with Crippen molar-refractivity contribution in [1.29, 1.82) is 0 Å². The lowest BCUT2D eigenvalue weighted by molar-refractivity contribution is 0.853. The van der Waals surface area contributed by atoms with Crippen molar-refractivity contribution in [1.82, 2.24) is 10.2 Å². The Bertz CT molecular complexity index is 426. The van der Waals surface area contributed by atoms with Crippen LogP contribution in [0.3, 0.4) is 0 Å². The summed E-state index contributed by atoms with van der Waals surface area (Å²) in [4.78, 5) is 0. The van der Waals surface area contributed by atoms with Gasteiger partial charge in [0, 0.05) is 11.3 Å². The third-order valence-electron chi connectivity index (χ3n) is 2.65. The average Bonchev–Trinajstić information content (AvgIpc) is 2.59. The number of H-pyrrole nitrogens is 1. The van der Waals surface area contributed by atoms with Gasteiger partial charge in [0.1, 0.15) is 0 Å². The van der Waals surface area contributed by atoms with Crippen molar-refractivity contribution in [3.05, 3.63) is 52.8 Å². The Labute approximate surface area is 89.3 Å². The second-order valence-electron chi connectivity index (χ2n) is 3.74. The van der Waals surface area contributed by atoms with Gasteiger partial charge in [-0.3, -0.25) is 5.10 Å². The molecule has 3 nitrogen and oxygen atoms in total. The largest absolute Gasteiger partial charge is 0.320 e. The third kappa shape index (κ3) is 1.78. The molecule has 0 spiro atoms. The molecule has 1 atom stereocenters. The van der Waals surface area contributed by atoms with E-state index in [-0.39, 0.29) is 6.04 Å². The van der Waals surface area contributed by atoms with E-state index in [0.717, 1.165) is 22.5 Å². The van der Waals surface area contributed by atoms with Gasteiger partial charge in [-0.2, -0.15) is 5.10 Å². The summed E-state index contributed by atoms with van der Waals surface area (Å²) >= 11 is 0. The number of benzene rings is 1. The van der Waals surface area contributed by atoms with Gasteiger partial charge in [0.2, 0.25) is 0 Å². The number of nitrogens with two attached hydrogens (primary N) is 1. The van der Waals surface area contributed by atoms with Crippen LogP contribution in [0.15, 0.2) is 30.3 Å². The van der Waals surface area contributed by atoms with Crippen LogP contribution in [0, 0.1) is 13.8 Å². The predicted molar refractivity (Wildman–Crippen MR) is 60.5 cm³/mol. The van der Waals surface area contributed by atoms with Crippen LogP contribution in [0.1, 0.15) is 28.6 Å². The maximum absolute atomic E-state index is 6.20. The van der Waals surface area contributed by atoms with Crippen molar-refractivity contribution in [3.8, 4) is 0 Å². The smallest absolute Gasteiger partial charge is 0.0645 e. The first-order valence-corrected chi connectivity index (χ1v) is 5.02. The summed E-state index contributed by atoms with van der Waals surface area (Å²) in [7, 11) is 0. The van der Waals surface area contributed by atoms with E-state index in [9.17, 15) is 0 Å². The van der Waals surface area contributed by atoms with E-state index in [1.807, 2.05) is 44.2 Å². The Hall–Kier alpha value is -1.61. The molecule has 0 aliphatic rings. The quantitative estimate of drug-likeness (QED) is 0.781. The molecule has 1 aromatic carbocycles. The van der Waals surface area contributed by atoms with E-state index < -0.39 is 0 Å². The van der Waals surface area contributed by atoms with E-state index >= 15 is 0 Å². The van der Waals surface area contributed by atoms with Gasteiger partial charge in [0.15, 0.2) is 0 Å². The first-order valence-electron chi connectivity index (χ1n) is 5.02. The molecular weight excluding hydrogens is 186 g/mol. The second-order valence-corrected chi connectivity index (χ2v) is 3.74. The van der Waals surface area contributed by atoms with E-state index in [1.54, 1.807) is 0 Å². The first-order chi connectivity index (χ1) is 7.20. The van der Waals surface area contributed by atoms with Crippen molar-refractivity contribution in [2.24, 2.45) is 5.73 Å². The van der Waals surface area contributed by atoms with Gasteiger partial charge in [-0.05, 0) is 19.4 Å². The Balaban J connectivity index is 2.41. The summed E-state index contributed by atoms with van der Waals surface area (Å²) < 4.78 is 0. The standard InChI is InChI=1S/C12H15N3/c1-8-11(9(2)15-14-8)12(13)10-6-4-3-5-7-10/h3-7,12H,13H2,1-2H3,(H,14,15)/t12-/m1/s1. The molecule has 0 aliphatic carbocycles. The van der Waals surface area contributed by atoms with Crippen LogP contribution in [-0.4, -0.2) is 10.2 Å². The number of nitrogens with zero attached hydrogens (tertiary/aromatic N) is 1. The second kappa shape index (κ2) is 3.87. The highest BCUT2D eigenvalue weighted by atomic mass is 15.1. The lowest BCUT2D eigenvalue weighted by atomic mass is 9.98. The van der Waals surface area contributed by atoms with Gasteiger partial charge in [-0.25, -0.2) is 0 Å². The highest BCUT2D eigenvalue weighted by Crippen LogP contribution is 2.23. The van der Waals surface area contributed by atoms with Crippen LogP contribution in [0.2, 0.25) is 0 Å². The Morgan fingerprint density at radius 2 is 1.87 bits per heavy atom. The minimum atomic E-state index is -0.0926. The number of aryl methyl sites for hydroxylation is 2. The van der Waals surface area contributed by atoms with Crippen LogP contribution >= 0.6 is 0 Å². The third-order valence-corrected chi connectivity index (χ3v) is 2.65. The van der Waals surface area contributed by atoms with Crippen molar-refractivity contribution >= 4 is 0 Å². The van der Waals surface area contributed by atoms with Gasteiger partial charge in [-0.15, -0.1) is 0 Å². The summed E-state index contributed by atoms with van der Waals surface area (Å²) in [5.41, 5.74) is 10.4. The summed E-state index contributed by atoms with van der Waals surface area (Å²) in [6.07, 6.45) is 0. The molecule has 3 N–H and O–H groups in total.